The third-order valence-corrected chi connectivity index (χ3v) is 4.68. The minimum Gasteiger partial charge on any atom is -0.271 e. The summed E-state index contributed by atoms with van der Waals surface area (Å²) in [5.74, 6) is 5.36. The van der Waals surface area contributed by atoms with E-state index in [0.29, 0.717) is 6.42 Å². The van der Waals surface area contributed by atoms with Gasteiger partial charge in [0.1, 0.15) is 5.82 Å². The van der Waals surface area contributed by atoms with Crippen molar-refractivity contribution in [2.75, 3.05) is 0 Å². The molecular weight excluding hydrogens is 315 g/mol. The van der Waals surface area contributed by atoms with E-state index in [0.717, 1.165) is 16.5 Å². The third-order valence-electron chi connectivity index (χ3n) is 2.73. The normalized spacial score (nSPS) is 12.6. The molecule has 0 fully saturated rings. The zero-order valence-corrected chi connectivity index (χ0v) is 12.1. The molecule has 1 aromatic heterocycles. The first-order chi connectivity index (χ1) is 8.69. The van der Waals surface area contributed by atoms with Crippen LogP contribution in [0.4, 0.5) is 4.39 Å². The SMILES string of the molecule is NNC(Cc1cccc(F)c1)Cc1sccc1Br. The molecule has 0 aliphatic heterocycles. The Morgan fingerprint density at radius 1 is 1.33 bits per heavy atom. The summed E-state index contributed by atoms with van der Waals surface area (Å²) >= 11 is 5.19. The molecule has 0 saturated heterocycles. The highest BCUT2D eigenvalue weighted by atomic mass is 79.9. The molecule has 2 nitrogen and oxygen atoms in total. The van der Waals surface area contributed by atoms with Crippen molar-refractivity contribution in [3.63, 3.8) is 0 Å². The molecule has 0 saturated carbocycles. The Kier molecular flexibility index (Phi) is 4.88. The maximum absolute atomic E-state index is 13.1. The van der Waals surface area contributed by atoms with E-state index in [1.807, 2.05) is 17.5 Å². The molecule has 1 atom stereocenters. The molecule has 1 unspecified atom stereocenters. The number of rotatable bonds is 5. The lowest BCUT2D eigenvalue weighted by Gasteiger charge is -2.15. The van der Waals surface area contributed by atoms with Gasteiger partial charge in [0.2, 0.25) is 0 Å². The van der Waals surface area contributed by atoms with Crippen LogP contribution in [0, 0.1) is 5.82 Å². The molecule has 0 spiro atoms. The van der Waals surface area contributed by atoms with Crippen LogP contribution in [-0.2, 0) is 12.8 Å². The van der Waals surface area contributed by atoms with Gasteiger partial charge in [-0.25, -0.2) is 4.39 Å². The van der Waals surface area contributed by atoms with Gasteiger partial charge in [-0.1, -0.05) is 12.1 Å². The van der Waals surface area contributed by atoms with E-state index >= 15 is 0 Å². The highest BCUT2D eigenvalue weighted by Gasteiger charge is 2.12. The first-order valence-corrected chi connectivity index (χ1v) is 7.28. The Balaban J connectivity index is 2.04. The van der Waals surface area contributed by atoms with Gasteiger partial charge in [0.15, 0.2) is 0 Å². The maximum Gasteiger partial charge on any atom is 0.123 e. The van der Waals surface area contributed by atoms with Gasteiger partial charge >= 0.3 is 0 Å². The van der Waals surface area contributed by atoms with Crippen LogP contribution >= 0.6 is 27.3 Å². The van der Waals surface area contributed by atoms with Crippen LogP contribution in [0.3, 0.4) is 0 Å². The molecular formula is C13H14BrFN2S. The Morgan fingerprint density at radius 2 is 2.17 bits per heavy atom. The fraction of sp³-hybridized carbons (Fsp3) is 0.231. The number of halogens is 2. The van der Waals surface area contributed by atoms with Gasteiger partial charge in [-0.05, 0) is 57.9 Å². The van der Waals surface area contributed by atoms with Crippen molar-refractivity contribution in [1.82, 2.24) is 5.43 Å². The Morgan fingerprint density at radius 3 is 2.78 bits per heavy atom. The van der Waals surface area contributed by atoms with Crippen molar-refractivity contribution in [3.05, 3.63) is 56.4 Å². The van der Waals surface area contributed by atoms with Crippen LogP contribution < -0.4 is 11.3 Å². The van der Waals surface area contributed by atoms with Crippen LogP contribution in [0.2, 0.25) is 0 Å². The fourth-order valence-corrected chi connectivity index (χ4v) is 3.43. The highest BCUT2D eigenvalue weighted by Crippen LogP contribution is 2.24. The molecule has 2 rings (SSSR count). The summed E-state index contributed by atoms with van der Waals surface area (Å²) in [7, 11) is 0. The molecule has 0 radical (unpaired) electrons. The molecule has 5 heteroatoms. The van der Waals surface area contributed by atoms with Crippen molar-refractivity contribution in [2.24, 2.45) is 5.84 Å². The zero-order chi connectivity index (χ0) is 13.0. The molecule has 1 aromatic carbocycles. The summed E-state index contributed by atoms with van der Waals surface area (Å²) in [5, 5.41) is 2.04. The number of nitrogens with one attached hydrogen (secondary N) is 1. The molecule has 18 heavy (non-hydrogen) atoms. The lowest BCUT2D eigenvalue weighted by atomic mass is 10.0. The molecule has 1 heterocycles. The lowest BCUT2D eigenvalue weighted by Crippen LogP contribution is -2.38. The van der Waals surface area contributed by atoms with Crippen molar-refractivity contribution >= 4 is 27.3 Å². The van der Waals surface area contributed by atoms with E-state index in [1.54, 1.807) is 23.5 Å². The van der Waals surface area contributed by atoms with Gasteiger partial charge in [0.25, 0.3) is 0 Å². The van der Waals surface area contributed by atoms with E-state index in [1.165, 1.54) is 10.9 Å². The van der Waals surface area contributed by atoms with E-state index in [9.17, 15) is 4.39 Å². The van der Waals surface area contributed by atoms with Crippen molar-refractivity contribution in [3.8, 4) is 0 Å². The number of nitrogens with two attached hydrogens (primary N) is 1. The van der Waals surface area contributed by atoms with Gasteiger partial charge in [0.05, 0.1) is 0 Å². The summed E-state index contributed by atoms with van der Waals surface area (Å²) in [4.78, 5) is 1.24. The number of hydrazine groups is 1. The van der Waals surface area contributed by atoms with Gasteiger partial charge in [-0.3, -0.25) is 11.3 Å². The Bertz CT molecular complexity index is 515. The summed E-state index contributed by atoms with van der Waals surface area (Å²) in [5.41, 5.74) is 3.75. The summed E-state index contributed by atoms with van der Waals surface area (Å²) in [6.45, 7) is 0. The second kappa shape index (κ2) is 6.43. The van der Waals surface area contributed by atoms with Crippen molar-refractivity contribution < 1.29 is 4.39 Å². The Labute approximate surface area is 118 Å². The lowest BCUT2D eigenvalue weighted by molar-refractivity contribution is 0.523. The van der Waals surface area contributed by atoms with E-state index < -0.39 is 0 Å². The van der Waals surface area contributed by atoms with Crippen LogP contribution in [0.5, 0.6) is 0 Å². The topological polar surface area (TPSA) is 38.0 Å². The molecule has 0 amide bonds. The van der Waals surface area contributed by atoms with Crippen LogP contribution in [0.1, 0.15) is 10.4 Å². The van der Waals surface area contributed by atoms with E-state index in [-0.39, 0.29) is 11.9 Å². The zero-order valence-electron chi connectivity index (χ0n) is 9.70. The summed E-state index contributed by atoms with van der Waals surface area (Å²) < 4.78 is 14.2. The smallest absolute Gasteiger partial charge is 0.123 e. The Hall–Kier alpha value is -0.750. The summed E-state index contributed by atoms with van der Waals surface area (Å²) in [6, 6.07) is 8.76. The standard InChI is InChI=1S/C13H14BrFN2S/c14-12-4-5-18-13(12)8-11(17-16)7-9-2-1-3-10(15)6-9/h1-6,11,17H,7-8,16H2. The third kappa shape index (κ3) is 3.62. The van der Waals surface area contributed by atoms with Gasteiger partial charge in [0, 0.05) is 15.4 Å². The second-order valence-corrected chi connectivity index (χ2v) is 5.95. The number of hydrogen-bond donors (Lipinski definition) is 2. The van der Waals surface area contributed by atoms with Crippen LogP contribution in [-0.4, -0.2) is 6.04 Å². The molecule has 0 aliphatic rings. The van der Waals surface area contributed by atoms with E-state index in [4.69, 9.17) is 5.84 Å². The first-order valence-electron chi connectivity index (χ1n) is 5.61. The number of thiophene rings is 1. The van der Waals surface area contributed by atoms with Gasteiger partial charge in [-0.15, -0.1) is 11.3 Å². The minimum absolute atomic E-state index is 0.0988. The maximum atomic E-state index is 13.1. The highest BCUT2D eigenvalue weighted by molar-refractivity contribution is 9.10. The van der Waals surface area contributed by atoms with Crippen molar-refractivity contribution in [2.45, 2.75) is 18.9 Å². The van der Waals surface area contributed by atoms with Crippen molar-refractivity contribution in [1.29, 1.82) is 0 Å². The fourth-order valence-electron chi connectivity index (χ4n) is 1.83. The largest absolute Gasteiger partial charge is 0.271 e. The minimum atomic E-state index is -0.208. The summed E-state index contributed by atoms with van der Waals surface area (Å²) in [6.07, 6.45) is 1.53. The molecule has 3 N–H and O–H groups in total. The quantitative estimate of drug-likeness (QED) is 0.653. The second-order valence-electron chi connectivity index (χ2n) is 4.09. The van der Waals surface area contributed by atoms with Crippen LogP contribution in [0.15, 0.2) is 40.2 Å². The van der Waals surface area contributed by atoms with E-state index in [2.05, 4.69) is 21.4 Å². The monoisotopic (exact) mass is 328 g/mol. The van der Waals surface area contributed by atoms with Crippen LogP contribution in [0.25, 0.3) is 0 Å². The van der Waals surface area contributed by atoms with Gasteiger partial charge in [-0.2, -0.15) is 0 Å². The molecule has 2 aromatic rings. The average molecular weight is 329 g/mol. The first kappa shape index (κ1) is 13.7. The predicted molar refractivity (Wildman–Crippen MR) is 76.9 cm³/mol. The number of benzene rings is 1. The predicted octanol–water partition coefficient (Wildman–Crippen LogP) is 3.27. The molecule has 96 valence electrons. The average Bonchev–Trinajstić information content (AvgIpc) is 2.74. The van der Waals surface area contributed by atoms with Gasteiger partial charge < -0.3 is 0 Å². The molecule has 0 bridgehead atoms. The molecule has 0 aliphatic carbocycles. The number of hydrogen-bond acceptors (Lipinski definition) is 3.